The van der Waals surface area contributed by atoms with E-state index in [9.17, 15) is 16.8 Å². The van der Waals surface area contributed by atoms with Crippen LogP contribution in [0.1, 0.15) is 12.0 Å². The minimum absolute atomic E-state index is 0.0401. The van der Waals surface area contributed by atoms with Crippen LogP contribution < -0.4 is 0 Å². The second-order valence-electron chi connectivity index (χ2n) is 4.97. The van der Waals surface area contributed by atoms with Gasteiger partial charge in [0.25, 0.3) is 0 Å². The lowest BCUT2D eigenvalue weighted by Crippen LogP contribution is -2.36. The summed E-state index contributed by atoms with van der Waals surface area (Å²) in [4.78, 5) is 0. The smallest absolute Gasteiger partial charge is 0.229 e. The second kappa shape index (κ2) is 6.08. The normalized spacial score (nSPS) is 22.1. The molecule has 0 saturated carbocycles. The number of halogens is 1. The first kappa shape index (κ1) is 16.5. The molecule has 8 heteroatoms. The Balaban J connectivity index is 2.13. The van der Waals surface area contributed by atoms with E-state index in [4.69, 9.17) is 11.6 Å². The van der Waals surface area contributed by atoms with Gasteiger partial charge in [0.1, 0.15) is 0 Å². The molecule has 5 nitrogen and oxygen atoms in total. The zero-order valence-corrected chi connectivity index (χ0v) is 13.8. The van der Waals surface area contributed by atoms with E-state index in [-0.39, 0.29) is 11.5 Å². The molecule has 2 rings (SSSR count). The minimum Gasteiger partial charge on any atom is -0.229 e. The Morgan fingerprint density at radius 3 is 2.43 bits per heavy atom. The monoisotopic (exact) mass is 349 g/mol. The number of hydrogen-bond donors (Lipinski definition) is 0. The zero-order chi connectivity index (χ0) is 15.7. The maximum atomic E-state index is 12.2. The SMILES string of the molecule is CN(C1CCS(=O)(=O)C1)S(=O)(=O)C=Cc1ccc(Cl)cc1. The van der Waals surface area contributed by atoms with Crippen molar-refractivity contribution in [2.24, 2.45) is 0 Å². The highest BCUT2D eigenvalue weighted by molar-refractivity contribution is 7.93. The average Bonchev–Trinajstić information content (AvgIpc) is 2.77. The van der Waals surface area contributed by atoms with Crippen LogP contribution in [-0.2, 0) is 19.9 Å². The molecule has 1 aliphatic rings. The summed E-state index contributed by atoms with van der Waals surface area (Å²) in [5.41, 5.74) is 0.704. The van der Waals surface area contributed by atoms with Crippen molar-refractivity contribution in [1.29, 1.82) is 0 Å². The van der Waals surface area contributed by atoms with Gasteiger partial charge in [-0.05, 0) is 30.2 Å². The Hall–Kier alpha value is -0.890. The van der Waals surface area contributed by atoms with Crippen molar-refractivity contribution in [3.05, 3.63) is 40.3 Å². The first-order valence-corrected chi connectivity index (χ1v) is 10.0. The van der Waals surface area contributed by atoms with Crippen LogP contribution in [0.5, 0.6) is 0 Å². The molecule has 0 N–H and O–H groups in total. The first-order chi connectivity index (χ1) is 9.70. The van der Waals surface area contributed by atoms with Crippen molar-refractivity contribution in [1.82, 2.24) is 4.31 Å². The summed E-state index contributed by atoms with van der Waals surface area (Å²) in [6.07, 6.45) is 1.80. The molecule has 0 aliphatic carbocycles. The van der Waals surface area contributed by atoms with Gasteiger partial charge in [-0.25, -0.2) is 16.8 Å². The van der Waals surface area contributed by atoms with Crippen LogP contribution in [0.15, 0.2) is 29.7 Å². The number of benzene rings is 1. The molecular weight excluding hydrogens is 334 g/mol. The van der Waals surface area contributed by atoms with Crippen molar-refractivity contribution in [3.8, 4) is 0 Å². The molecule has 0 aromatic heterocycles. The van der Waals surface area contributed by atoms with Gasteiger partial charge in [0, 0.05) is 23.5 Å². The van der Waals surface area contributed by atoms with Crippen LogP contribution in [0.25, 0.3) is 6.08 Å². The fourth-order valence-corrected chi connectivity index (χ4v) is 5.22. The van der Waals surface area contributed by atoms with Crippen molar-refractivity contribution >= 4 is 37.5 Å². The van der Waals surface area contributed by atoms with Gasteiger partial charge < -0.3 is 0 Å². The van der Waals surface area contributed by atoms with Crippen LogP contribution in [0.2, 0.25) is 5.02 Å². The van der Waals surface area contributed by atoms with Crippen LogP contribution >= 0.6 is 11.6 Å². The van der Waals surface area contributed by atoms with Crippen molar-refractivity contribution in [2.75, 3.05) is 18.6 Å². The van der Waals surface area contributed by atoms with Crippen LogP contribution in [0.4, 0.5) is 0 Å². The van der Waals surface area contributed by atoms with Crippen molar-refractivity contribution in [3.63, 3.8) is 0 Å². The molecule has 0 amide bonds. The van der Waals surface area contributed by atoms with E-state index in [0.717, 1.165) is 9.71 Å². The van der Waals surface area contributed by atoms with E-state index in [0.29, 0.717) is 17.0 Å². The van der Waals surface area contributed by atoms with Gasteiger partial charge >= 0.3 is 0 Å². The van der Waals surface area contributed by atoms with Crippen molar-refractivity contribution < 1.29 is 16.8 Å². The summed E-state index contributed by atoms with van der Waals surface area (Å²) in [7, 11) is -5.35. The number of rotatable bonds is 4. The molecule has 1 atom stereocenters. The van der Waals surface area contributed by atoms with Gasteiger partial charge in [-0.3, -0.25) is 0 Å². The van der Waals surface area contributed by atoms with Gasteiger partial charge in [-0.2, -0.15) is 4.31 Å². The lowest BCUT2D eigenvalue weighted by atomic mass is 10.2. The maximum Gasteiger partial charge on any atom is 0.236 e. The zero-order valence-electron chi connectivity index (χ0n) is 11.4. The average molecular weight is 350 g/mol. The quantitative estimate of drug-likeness (QED) is 0.830. The van der Waals surface area contributed by atoms with Gasteiger partial charge in [0.15, 0.2) is 9.84 Å². The maximum absolute atomic E-state index is 12.2. The molecule has 116 valence electrons. The summed E-state index contributed by atoms with van der Waals surface area (Å²) in [6, 6.07) is 6.25. The Bertz CT molecular complexity index is 739. The molecule has 1 aromatic carbocycles. The third kappa shape index (κ3) is 4.29. The second-order valence-corrected chi connectivity index (χ2v) is 9.52. The van der Waals surface area contributed by atoms with Gasteiger partial charge in [-0.1, -0.05) is 23.7 Å². The Labute approximate surface area is 130 Å². The van der Waals surface area contributed by atoms with E-state index in [1.165, 1.54) is 13.1 Å². The Morgan fingerprint density at radius 1 is 1.29 bits per heavy atom. The molecule has 1 saturated heterocycles. The van der Waals surface area contributed by atoms with Gasteiger partial charge in [0.2, 0.25) is 10.0 Å². The topological polar surface area (TPSA) is 71.5 Å². The fraction of sp³-hybridized carbons (Fsp3) is 0.385. The van der Waals surface area contributed by atoms with E-state index in [1.807, 2.05) is 0 Å². The molecule has 1 aromatic rings. The Kier molecular flexibility index (Phi) is 4.77. The van der Waals surface area contributed by atoms with Gasteiger partial charge in [-0.15, -0.1) is 0 Å². The largest absolute Gasteiger partial charge is 0.236 e. The number of nitrogens with zero attached hydrogens (tertiary/aromatic N) is 1. The molecule has 1 fully saturated rings. The van der Waals surface area contributed by atoms with Crippen LogP contribution in [0.3, 0.4) is 0 Å². The molecule has 0 bridgehead atoms. The molecule has 0 spiro atoms. The predicted octanol–water partition coefficient (Wildman–Crippen LogP) is 1.76. The third-order valence-electron chi connectivity index (χ3n) is 3.43. The molecular formula is C13H16ClNO4S2. The van der Waals surface area contributed by atoms with E-state index < -0.39 is 25.9 Å². The highest BCUT2D eigenvalue weighted by atomic mass is 35.5. The predicted molar refractivity (Wildman–Crippen MR) is 84.2 cm³/mol. The van der Waals surface area contributed by atoms with Crippen molar-refractivity contribution in [2.45, 2.75) is 12.5 Å². The van der Waals surface area contributed by atoms with E-state index >= 15 is 0 Å². The third-order valence-corrected chi connectivity index (χ3v) is 7.01. The summed E-state index contributed by atoms with van der Waals surface area (Å²) in [5, 5.41) is 1.66. The summed E-state index contributed by atoms with van der Waals surface area (Å²) in [5.74, 6) is -0.0735. The summed E-state index contributed by atoms with van der Waals surface area (Å²) in [6.45, 7) is 0. The summed E-state index contributed by atoms with van der Waals surface area (Å²) < 4.78 is 48.4. The lowest BCUT2D eigenvalue weighted by Gasteiger charge is -2.20. The van der Waals surface area contributed by atoms with Crippen LogP contribution in [0, 0.1) is 0 Å². The van der Waals surface area contributed by atoms with Crippen LogP contribution in [-0.4, -0.2) is 45.7 Å². The minimum atomic E-state index is -3.65. The fourth-order valence-electron chi connectivity index (χ4n) is 2.10. The molecule has 21 heavy (non-hydrogen) atoms. The highest BCUT2D eigenvalue weighted by Gasteiger charge is 2.34. The number of sulfonamides is 1. The highest BCUT2D eigenvalue weighted by Crippen LogP contribution is 2.20. The molecule has 0 radical (unpaired) electrons. The number of sulfone groups is 1. The Morgan fingerprint density at radius 2 is 1.90 bits per heavy atom. The van der Waals surface area contributed by atoms with Gasteiger partial charge in [0.05, 0.1) is 11.5 Å². The van der Waals surface area contributed by atoms with E-state index in [1.54, 1.807) is 24.3 Å². The first-order valence-electron chi connectivity index (χ1n) is 6.32. The number of hydrogen-bond acceptors (Lipinski definition) is 4. The molecule has 1 unspecified atom stereocenters. The molecule has 1 aliphatic heterocycles. The lowest BCUT2D eigenvalue weighted by molar-refractivity contribution is 0.399. The molecule has 1 heterocycles. The standard InChI is InChI=1S/C13H16ClNO4S2/c1-15(13-7-8-20(16,17)10-13)21(18,19)9-6-11-2-4-12(14)5-3-11/h2-6,9,13H,7-8,10H2,1H3. The summed E-state index contributed by atoms with van der Waals surface area (Å²) >= 11 is 5.76. The van der Waals surface area contributed by atoms with E-state index in [2.05, 4.69) is 0 Å².